The first-order valence-corrected chi connectivity index (χ1v) is 6.69. The number of ether oxygens (including phenoxy) is 2. The van der Waals surface area contributed by atoms with E-state index >= 15 is 0 Å². The van der Waals surface area contributed by atoms with E-state index in [-0.39, 0.29) is 5.75 Å². The second-order valence-corrected chi connectivity index (χ2v) is 4.78. The fraction of sp³-hybridized carbons (Fsp3) is 0.571. The molecule has 5 heteroatoms. The molecular weight excluding hydrogens is 247 g/mol. The molecule has 0 bridgehead atoms. The zero-order chi connectivity index (χ0) is 13.7. The van der Waals surface area contributed by atoms with Crippen LogP contribution < -0.4 is 15.2 Å². The Morgan fingerprint density at radius 3 is 2.74 bits per heavy atom. The van der Waals surface area contributed by atoms with Gasteiger partial charge in [0.2, 0.25) is 0 Å². The lowest BCUT2D eigenvalue weighted by molar-refractivity contribution is 0.251. The largest absolute Gasteiger partial charge is 0.490 e. The van der Waals surface area contributed by atoms with Crippen molar-refractivity contribution < 1.29 is 13.9 Å². The Balaban J connectivity index is 1.84. The molecule has 1 fully saturated rings. The Hall–Kier alpha value is -1.49. The van der Waals surface area contributed by atoms with E-state index in [2.05, 4.69) is 4.90 Å². The first-order chi connectivity index (χ1) is 9.20. The predicted molar refractivity (Wildman–Crippen MR) is 73.2 cm³/mol. The molecular formula is C14H21FN2O2. The van der Waals surface area contributed by atoms with Gasteiger partial charge in [-0.3, -0.25) is 0 Å². The summed E-state index contributed by atoms with van der Waals surface area (Å²) < 4.78 is 24.1. The molecule has 1 saturated heterocycles. The first-order valence-electron chi connectivity index (χ1n) is 6.69. The van der Waals surface area contributed by atoms with Gasteiger partial charge in [-0.2, -0.15) is 0 Å². The number of benzene rings is 1. The number of nitrogen functional groups attached to an aromatic ring is 1. The number of rotatable bonds is 6. The monoisotopic (exact) mass is 268 g/mol. The van der Waals surface area contributed by atoms with Crippen molar-refractivity contribution in [2.75, 3.05) is 39.1 Å². The molecule has 106 valence electrons. The molecule has 0 atom stereocenters. The molecule has 0 radical (unpaired) electrons. The van der Waals surface area contributed by atoms with Gasteiger partial charge in [-0.25, -0.2) is 4.39 Å². The quantitative estimate of drug-likeness (QED) is 0.635. The van der Waals surface area contributed by atoms with Crippen molar-refractivity contribution in [2.45, 2.75) is 19.3 Å². The Kier molecular flexibility index (Phi) is 4.85. The summed E-state index contributed by atoms with van der Waals surface area (Å²) in [6.45, 7) is 3.91. The third-order valence-electron chi connectivity index (χ3n) is 3.31. The Morgan fingerprint density at radius 2 is 2.05 bits per heavy atom. The Bertz CT molecular complexity index is 420. The van der Waals surface area contributed by atoms with E-state index in [0.717, 1.165) is 13.0 Å². The van der Waals surface area contributed by atoms with Crippen LogP contribution in [0.4, 0.5) is 10.1 Å². The molecule has 1 heterocycles. The van der Waals surface area contributed by atoms with Crippen LogP contribution in [0.25, 0.3) is 0 Å². The molecule has 0 aliphatic carbocycles. The van der Waals surface area contributed by atoms with Crippen LogP contribution in [-0.2, 0) is 0 Å². The van der Waals surface area contributed by atoms with Gasteiger partial charge in [-0.1, -0.05) is 0 Å². The Labute approximate surface area is 113 Å². The topological polar surface area (TPSA) is 47.7 Å². The van der Waals surface area contributed by atoms with Gasteiger partial charge < -0.3 is 20.1 Å². The van der Waals surface area contributed by atoms with Crippen molar-refractivity contribution in [2.24, 2.45) is 0 Å². The lowest BCUT2D eigenvalue weighted by atomic mass is 10.2. The van der Waals surface area contributed by atoms with Crippen LogP contribution in [0.3, 0.4) is 0 Å². The van der Waals surface area contributed by atoms with Crippen molar-refractivity contribution in [1.82, 2.24) is 4.90 Å². The molecule has 2 N–H and O–H groups in total. The maximum absolute atomic E-state index is 13.6. The maximum Gasteiger partial charge on any atom is 0.196 e. The number of hydrogen-bond donors (Lipinski definition) is 1. The summed E-state index contributed by atoms with van der Waals surface area (Å²) in [6.07, 6.45) is 3.49. The van der Waals surface area contributed by atoms with E-state index in [4.69, 9.17) is 15.2 Å². The molecule has 1 aliphatic rings. The number of anilines is 1. The van der Waals surface area contributed by atoms with E-state index in [1.165, 1.54) is 39.1 Å². The predicted octanol–water partition coefficient (Wildman–Crippen LogP) is 2.28. The smallest absolute Gasteiger partial charge is 0.196 e. The van der Waals surface area contributed by atoms with Crippen LogP contribution in [-0.4, -0.2) is 38.3 Å². The average molecular weight is 268 g/mol. The molecule has 0 spiro atoms. The maximum atomic E-state index is 13.6. The Morgan fingerprint density at radius 1 is 1.32 bits per heavy atom. The molecule has 0 saturated carbocycles. The molecule has 0 unspecified atom stereocenters. The van der Waals surface area contributed by atoms with E-state index in [9.17, 15) is 4.39 Å². The number of hydrogen-bond acceptors (Lipinski definition) is 4. The number of halogens is 1. The molecule has 0 aromatic heterocycles. The number of likely N-dealkylation sites (tertiary alicyclic amines) is 1. The van der Waals surface area contributed by atoms with Crippen LogP contribution in [0.2, 0.25) is 0 Å². The minimum absolute atomic E-state index is 0.121. The number of nitrogens with zero attached hydrogens (tertiary/aromatic N) is 1. The molecule has 4 nitrogen and oxygen atoms in total. The summed E-state index contributed by atoms with van der Waals surface area (Å²) in [7, 11) is 1.42. The molecule has 1 aromatic carbocycles. The SMILES string of the molecule is COc1c(F)cc(N)cc1OCCCN1CCCC1. The number of nitrogens with two attached hydrogens (primary N) is 1. The van der Waals surface area contributed by atoms with Crippen LogP contribution >= 0.6 is 0 Å². The summed E-state index contributed by atoms with van der Waals surface area (Å²) in [5.41, 5.74) is 5.94. The highest BCUT2D eigenvalue weighted by Gasteiger charge is 2.13. The van der Waals surface area contributed by atoms with Gasteiger partial charge in [0.05, 0.1) is 13.7 Å². The highest BCUT2D eigenvalue weighted by atomic mass is 19.1. The minimum atomic E-state index is -0.489. The van der Waals surface area contributed by atoms with Gasteiger partial charge in [0.25, 0.3) is 0 Å². The first kappa shape index (κ1) is 13.9. The van der Waals surface area contributed by atoms with Crippen molar-refractivity contribution in [3.05, 3.63) is 17.9 Å². The van der Waals surface area contributed by atoms with Crippen molar-refractivity contribution >= 4 is 5.69 Å². The van der Waals surface area contributed by atoms with Crippen LogP contribution in [0.15, 0.2) is 12.1 Å². The second kappa shape index (κ2) is 6.61. The summed E-state index contributed by atoms with van der Waals surface area (Å²) in [6, 6.07) is 2.83. The molecule has 1 aliphatic heterocycles. The normalized spacial score (nSPS) is 15.7. The van der Waals surface area contributed by atoms with Gasteiger partial charge in [-0.05, 0) is 32.4 Å². The van der Waals surface area contributed by atoms with Gasteiger partial charge in [-0.15, -0.1) is 0 Å². The van der Waals surface area contributed by atoms with E-state index in [0.29, 0.717) is 18.0 Å². The highest BCUT2D eigenvalue weighted by molar-refractivity contribution is 5.52. The average Bonchev–Trinajstić information content (AvgIpc) is 2.87. The van der Waals surface area contributed by atoms with Crippen molar-refractivity contribution in [3.63, 3.8) is 0 Å². The number of methoxy groups -OCH3 is 1. The third kappa shape index (κ3) is 3.73. The summed E-state index contributed by atoms with van der Waals surface area (Å²) in [5.74, 6) is 0.00818. The molecule has 1 aromatic rings. The minimum Gasteiger partial charge on any atom is -0.490 e. The van der Waals surface area contributed by atoms with E-state index < -0.39 is 5.82 Å². The second-order valence-electron chi connectivity index (χ2n) is 4.78. The highest BCUT2D eigenvalue weighted by Crippen LogP contribution is 2.32. The van der Waals surface area contributed by atoms with E-state index in [1.54, 1.807) is 6.07 Å². The van der Waals surface area contributed by atoms with E-state index in [1.807, 2.05) is 0 Å². The van der Waals surface area contributed by atoms with Crippen LogP contribution in [0.5, 0.6) is 11.5 Å². The molecule has 19 heavy (non-hydrogen) atoms. The van der Waals surface area contributed by atoms with Crippen molar-refractivity contribution in [3.8, 4) is 11.5 Å². The fourth-order valence-corrected chi connectivity index (χ4v) is 2.37. The lowest BCUT2D eigenvalue weighted by Gasteiger charge is -2.15. The third-order valence-corrected chi connectivity index (χ3v) is 3.31. The lowest BCUT2D eigenvalue weighted by Crippen LogP contribution is -2.22. The van der Waals surface area contributed by atoms with Gasteiger partial charge in [0.15, 0.2) is 17.3 Å². The van der Waals surface area contributed by atoms with Gasteiger partial charge >= 0.3 is 0 Å². The zero-order valence-corrected chi connectivity index (χ0v) is 11.3. The van der Waals surface area contributed by atoms with Gasteiger partial charge in [0, 0.05) is 24.4 Å². The zero-order valence-electron chi connectivity index (χ0n) is 11.3. The van der Waals surface area contributed by atoms with Gasteiger partial charge in [0.1, 0.15) is 0 Å². The van der Waals surface area contributed by atoms with Crippen LogP contribution in [0, 0.1) is 5.82 Å². The fourth-order valence-electron chi connectivity index (χ4n) is 2.37. The summed E-state index contributed by atoms with van der Waals surface area (Å²) in [4.78, 5) is 2.42. The standard InChI is InChI=1S/C14H21FN2O2/c1-18-14-12(15)9-11(16)10-13(14)19-8-4-7-17-5-2-3-6-17/h9-10H,2-8,16H2,1H3. The van der Waals surface area contributed by atoms with Crippen LogP contribution in [0.1, 0.15) is 19.3 Å². The molecule has 2 rings (SSSR count). The summed E-state index contributed by atoms with van der Waals surface area (Å²) >= 11 is 0. The summed E-state index contributed by atoms with van der Waals surface area (Å²) in [5, 5.41) is 0. The molecule has 0 amide bonds. The van der Waals surface area contributed by atoms with Crippen molar-refractivity contribution in [1.29, 1.82) is 0 Å².